The first kappa shape index (κ1) is 31.4. The summed E-state index contributed by atoms with van der Waals surface area (Å²) in [4.78, 5) is 22.6. The normalized spacial score (nSPS) is 10.6. The van der Waals surface area contributed by atoms with Crippen LogP contribution in [0.3, 0.4) is 0 Å². The highest BCUT2D eigenvalue weighted by Crippen LogP contribution is 2.35. The van der Waals surface area contributed by atoms with Gasteiger partial charge in [0.15, 0.2) is 0 Å². The van der Waals surface area contributed by atoms with E-state index in [1.807, 2.05) is 6.07 Å². The number of carbonyl (C=O) groups is 2. The summed E-state index contributed by atoms with van der Waals surface area (Å²) in [5.41, 5.74) is -0.578. The van der Waals surface area contributed by atoms with Crippen LogP contribution in [0.1, 0.15) is 58.2 Å². The van der Waals surface area contributed by atoms with Crippen LogP contribution >= 0.6 is 36.4 Å². The van der Waals surface area contributed by atoms with Gasteiger partial charge in [-0.05, 0) is 69.5 Å². The van der Waals surface area contributed by atoms with Crippen molar-refractivity contribution in [2.75, 3.05) is 0 Å². The minimum absolute atomic E-state index is 0. The molecule has 0 aromatic heterocycles. The number of rotatable bonds is 2. The number of aryl methyl sites for hydroxylation is 2. The number of hydrazine groups is 1. The van der Waals surface area contributed by atoms with Crippen molar-refractivity contribution < 1.29 is 22.8 Å². The molecule has 174 valence electrons. The third kappa shape index (κ3) is 9.07. The molecule has 31 heavy (non-hydrogen) atoms. The largest absolute Gasteiger partial charge is 0.416 e. The van der Waals surface area contributed by atoms with Gasteiger partial charge in [-0.3, -0.25) is 14.6 Å². The molecule has 0 aliphatic heterocycles. The van der Waals surface area contributed by atoms with Gasteiger partial charge in [0.05, 0.1) is 11.1 Å². The SMILES string of the molecule is Cc1cc(C(=O)N(N)C(C)(C)C)cc(C)c1C(F)(F)F.Cl.Cl.O=C(Cl)c1ccccc1. The Hall–Kier alpha value is -1.80. The van der Waals surface area contributed by atoms with Crippen LogP contribution in [0.5, 0.6) is 0 Å². The maximum atomic E-state index is 12.9. The fourth-order valence-corrected chi connectivity index (χ4v) is 2.67. The zero-order chi connectivity index (χ0) is 22.6. The van der Waals surface area contributed by atoms with Crippen LogP contribution in [0.4, 0.5) is 13.2 Å². The monoisotopic (exact) mass is 500 g/mol. The summed E-state index contributed by atoms with van der Waals surface area (Å²) in [6, 6.07) is 11.2. The van der Waals surface area contributed by atoms with E-state index in [0.29, 0.717) is 5.56 Å². The molecule has 10 heteroatoms. The first-order valence-corrected chi connectivity index (χ1v) is 9.06. The number of nitrogens with two attached hydrogens (primary N) is 1. The van der Waals surface area contributed by atoms with E-state index < -0.39 is 28.4 Å². The Morgan fingerprint density at radius 1 is 0.903 bits per heavy atom. The number of benzene rings is 2. The van der Waals surface area contributed by atoms with Gasteiger partial charge in [-0.1, -0.05) is 30.3 Å². The number of hydrogen-bond acceptors (Lipinski definition) is 3. The van der Waals surface area contributed by atoms with Crippen LogP contribution in [-0.2, 0) is 6.18 Å². The zero-order valence-corrected chi connectivity index (χ0v) is 20.1. The molecule has 2 aromatic carbocycles. The number of alkyl halides is 3. The number of halogens is 6. The van der Waals surface area contributed by atoms with E-state index in [1.165, 1.54) is 26.0 Å². The van der Waals surface area contributed by atoms with Crippen molar-refractivity contribution in [2.45, 2.75) is 46.3 Å². The Bertz CT molecular complexity index is 861. The van der Waals surface area contributed by atoms with Gasteiger partial charge >= 0.3 is 6.18 Å². The van der Waals surface area contributed by atoms with E-state index in [2.05, 4.69) is 0 Å². The Morgan fingerprint density at radius 2 is 1.32 bits per heavy atom. The lowest BCUT2D eigenvalue weighted by atomic mass is 9.97. The second-order valence-corrected chi connectivity index (χ2v) is 7.81. The van der Waals surface area contributed by atoms with Crippen molar-refractivity contribution in [3.05, 3.63) is 70.3 Å². The number of amides is 1. The second-order valence-electron chi connectivity index (χ2n) is 7.47. The average molecular weight is 502 g/mol. The van der Waals surface area contributed by atoms with E-state index in [1.54, 1.807) is 45.0 Å². The van der Waals surface area contributed by atoms with Crippen molar-refractivity contribution >= 4 is 47.6 Å². The Balaban J connectivity index is 0. The lowest BCUT2D eigenvalue weighted by Gasteiger charge is -2.31. The fraction of sp³-hybridized carbons (Fsp3) is 0.333. The highest BCUT2D eigenvalue weighted by atomic mass is 35.5. The third-order valence-corrected chi connectivity index (χ3v) is 4.22. The lowest BCUT2D eigenvalue weighted by Crippen LogP contribution is -2.50. The summed E-state index contributed by atoms with van der Waals surface area (Å²) in [6.45, 7) is 7.91. The summed E-state index contributed by atoms with van der Waals surface area (Å²) < 4.78 is 38.6. The highest BCUT2D eigenvalue weighted by Gasteiger charge is 2.35. The van der Waals surface area contributed by atoms with Gasteiger partial charge in [-0.15, -0.1) is 24.8 Å². The van der Waals surface area contributed by atoms with Gasteiger partial charge in [-0.2, -0.15) is 13.2 Å². The van der Waals surface area contributed by atoms with Gasteiger partial charge in [0.2, 0.25) is 0 Å². The molecule has 0 heterocycles. The molecule has 0 spiro atoms. The maximum Gasteiger partial charge on any atom is 0.416 e. The molecular weight excluding hydrogens is 476 g/mol. The van der Waals surface area contributed by atoms with Gasteiger partial charge in [-0.25, -0.2) is 5.84 Å². The summed E-state index contributed by atoms with van der Waals surface area (Å²) in [5, 5.41) is 0.615. The predicted molar refractivity (Wildman–Crippen MR) is 122 cm³/mol. The summed E-state index contributed by atoms with van der Waals surface area (Å²) in [5.74, 6) is 5.21. The molecule has 2 aromatic rings. The molecule has 2 N–H and O–H groups in total. The Labute approximate surface area is 197 Å². The van der Waals surface area contributed by atoms with E-state index >= 15 is 0 Å². The van der Waals surface area contributed by atoms with Crippen molar-refractivity contribution in [2.24, 2.45) is 5.84 Å². The summed E-state index contributed by atoms with van der Waals surface area (Å²) >= 11 is 5.16. The van der Waals surface area contributed by atoms with Crippen LogP contribution in [0.25, 0.3) is 0 Å². The molecule has 4 nitrogen and oxygen atoms in total. The van der Waals surface area contributed by atoms with Gasteiger partial charge in [0, 0.05) is 11.1 Å². The second kappa shape index (κ2) is 12.3. The maximum absolute atomic E-state index is 12.9. The molecule has 0 aliphatic rings. The molecule has 0 aliphatic carbocycles. The van der Waals surface area contributed by atoms with Crippen molar-refractivity contribution in [1.29, 1.82) is 0 Å². The number of carbonyl (C=O) groups excluding carboxylic acids is 2. The minimum Gasteiger partial charge on any atom is -0.276 e. The van der Waals surface area contributed by atoms with Crippen LogP contribution in [-0.4, -0.2) is 21.7 Å². The molecule has 0 radical (unpaired) electrons. The van der Waals surface area contributed by atoms with Gasteiger partial charge in [0.25, 0.3) is 11.1 Å². The molecule has 0 saturated carbocycles. The van der Waals surface area contributed by atoms with Crippen molar-refractivity contribution in [1.82, 2.24) is 5.01 Å². The van der Waals surface area contributed by atoms with Crippen LogP contribution in [0.2, 0.25) is 0 Å². The minimum atomic E-state index is -4.43. The molecule has 0 fully saturated rings. The van der Waals surface area contributed by atoms with E-state index in [0.717, 1.165) is 5.01 Å². The Kier molecular flexibility index (Phi) is 12.4. The Morgan fingerprint density at radius 3 is 1.61 bits per heavy atom. The zero-order valence-electron chi connectivity index (χ0n) is 17.7. The average Bonchev–Trinajstić information content (AvgIpc) is 2.59. The molecule has 1 amide bonds. The first-order valence-electron chi connectivity index (χ1n) is 8.68. The fourth-order valence-electron chi connectivity index (χ4n) is 2.55. The topological polar surface area (TPSA) is 63.4 Å². The standard InChI is InChI=1S/C14H19F3N2O.C7H5ClO.2ClH/c1-8-6-10(12(20)19(18)13(3,4)5)7-9(2)11(8)14(15,16)17;8-7(9)6-4-2-1-3-5-6;;/h6-7H,18H2,1-5H3;1-5H;2*1H. The van der Waals surface area contributed by atoms with Crippen molar-refractivity contribution in [3.63, 3.8) is 0 Å². The lowest BCUT2D eigenvalue weighted by molar-refractivity contribution is -0.138. The number of nitrogens with zero attached hydrogens (tertiary/aromatic N) is 1. The molecule has 0 saturated heterocycles. The predicted octanol–water partition coefficient (Wildman–Crippen LogP) is 6.35. The van der Waals surface area contributed by atoms with Crippen LogP contribution in [0, 0.1) is 13.8 Å². The quantitative estimate of drug-likeness (QED) is 0.226. The molecular formula is C21H26Cl3F3N2O2. The number of hydrogen-bond donors (Lipinski definition) is 1. The first-order chi connectivity index (χ1) is 13.2. The van der Waals surface area contributed by atoms with E-state index in [4.69, 9.17) is 17.4 Å². The van der Waals surface area contributed by atoms with Crippen LogP contribution < -0.4 is 5.84 Å². The van der Waals surface area contributed by atoms with Crippen molar-refractivity contribution in [3.8, 4) is 0 Å². The summed E-state index contributed by atoms with van der Waals surface area (Å²) in [7, 11) is 0. The molecule has 0 unspecified atom stereocenters. The third-order valence-electron chi connectivity index (χ3n) is 4.01. The van der Waals surface area contributed by atoms with Gasteiger partial charge in [0.1, 0.15) is 0 Å². The molecule has 0 atom stereocenters. The molecule has 0 bridgehead atoms. The van der Waals surface area contributed by atoms with Crippen LogP contribution in [0.15, 0.2) is 42.5 Å². The van der Waals surface area contributed by atoms with E-state index in [9.17, 15) is 22.8 Å². The molecule has 2 rings (SSSR count). The smallest absolute Gasteiger partial charge is 0.276 e. The highest BCUT2D eigenvalue weighted by molar-refractivity contribution is 6.67. The summed E-state index contributed by atoms with van der Waals surface area (Å²) in [6.07, 6.45) is -4.43. The van der Waals surface area contributed by atoms with E-state index in [-0.39, 0.29) is 41.5 Å². The van der Waals surface area contributed by atoms with Gasteiger partial charge < -0.3 is 0 Å².